The Labute approximate surface area is 126 Å². The Kier molecular flexibility index (Phi) is 4.63. The SMILES string of the molecule is Cc1ccccc1NC(=O)NCC(C)(C)c1ccccc1. The minimum absolute atomic E-state index is 0.107. The highest BCUT2D eigenvalue weighted by Crippen LogP contribution is 2.21. The Morgan fingerprint density at radius 3 is 2.29 bits per heavy atom. The molecule has 0 heterocycles. The highest BCUT2D eigenvalue weighted by molar-refractivity contribution is 5.90. The topological polar surface area (TPSA) is 41.1 Å². The summed E-state index contributed by atoms with van der Waals surface area (Å²) < 4.78 is 0. The summed E-state index contributed by atoms with van der Waals surface area (Å²) in [5, 5.41) is 5.83. The van der Waals surface area contributed by atoms with Crippen molar-refractivity contribution in [2.75, 3.05) is 11.9 Å². The standard InChI is InChI=1S/C18H22N2O/c1-14-9-7-8-12-16(14)20-17(21)19-13-18(2,3)15-10-5-4-6-11-15/h4-12H,13H2,1-3H3,(H2,19,20,21). The van der Waals surface area contributed by atoms with E-state index in [1.807, 2.05) is 49.4 Å². The van der Waals surface area contributed by atoms with Gasteiger partial charge >= 0.3 is 6.03 Å². The van der Waals surface area contributed by atoms with Crippen LogP contribution >= 0.6 is 0 Å². The fourth-order valence-electron chi connectivity index (χ4n) is 2.17. The lowest BCUT2D eigenvalue weighted by Crippen LogP contribution is -2.39. The van der Waals surface area contributed by atoms with E-state index in [1.54, 1.807) is 0 Å². The van der Waals surface area contributed by atoms with Gasteiger partial charge in [0, 0.05) is 17.6 Å². The molecule has 0 atom stereocenters. The van der Waals surface area contributed by atoms with Gasteiger partial charge in [-0.1, -0.05) is 62.4 Å². The van der Waals surface area contributed by atoms with Gasteiger partial charge in [-0.2, -0.15) is 0 Å². The van der Waals surface area contributed by atoms with Crippen molar-refractivity contribution in [3.8, 4) is 0 Å². The van der Waals surface area contributed by atoms with E-state index in [4.69, 9.17) is 0 Å². The Morgan fingerprint density at radius 2 is 1.62 bits per heavy atom. The van der Waals surface area contributed by atoms with Crippen LogP contribution in [0.4, 0.5) is 10.5 Å². The van der Waals surface area contributed by atoms with Crippen molar-refractivity contribution in [1.82, 2.24) is 5.32 Å². The van der Waals surface area contributed by atoms with E-state index < -0.39 is 0 Å². The molecule has 0 radical (unpaired) electrons. The van der Waals surface area contributed by atoms with Crippen molar-refractivity contribution in [3.63, 3.8) is 0 Å². The van der Waals surface area contributed by atoms with E-state index in [1.165, 1.54) is 5.56 Å². The number of carbonyl (C=O) groups is 1. The first kappa shape index (κ1) is 15.1. The molecular weight excluding hydrogens is 260 g/mol. The van der Waals surface area contributed by atoms with Crippen LogP contribution in [-0.4, -0.2) is 12.6 Å². The van der Waals surface area contributed by atoms with E-state index in [0.29, 0.717) is 6.54 Å². The molecule has 0 saturated heterocycles. The van der Waals surface area contributed by atoms with Crippen LogP contribution in [-0.2, 0) is 5.41 Å². The molecule has 2 aromatic carbocycles. The molecule has 2 rings (SSSR count). The normalized spacial score (nSPS) is 11.0. The molecule has 3 heteroatoms. The predicted molar refractivity (Wildman–Crippen MR) is 87.7 cm³/mol. The van der Waals surface area contributed by atoms with Crippen LogP contribution < -0.4 is 10.6 Å². The number of benzene rings is 2. The number of urea groups is 1. The Hall–Kier alpha value is -2.29. The number of hydrogen-bond acceptors (Lipinski definition) is 1. The Bertz CT molecular complexity index is 606. The highest BCUT2D eigenvalue weighted by atomic mass is 16.2. The molecule has 2 N–H and O–H groups in total. The third-order valence-electron chi connectivity index (χ3n) is 3.64. The molecular formula is C18H22N2O. The number of anilines is 1. The van der Waals surface area contributed by atoms with Crippen LogP contribution in [0.2, 0.25) is 0 Å². The minimum Gasteiger partial charge on any atom is -0.337 e. The van der Waals surface area contributed by atoms with E-state index in [0.717, 1.165) is 11.3 Å². The summed E-state index contributed by atoms with van der Waals surface area (Å²) >= 11 is 0. The van der Waals surface area contributed by atoms with Gasteiger partial charge in [-0.15, -0.1) is 0 Å². The predicted octanol–water partition coefficient (Wildman–Crippen LogP) is 4.09. The number of carbonyl (C=O) groups excluding carboxylic acids is 1. The molecule has 2 aromatic rings. The minimum atomic E-state index is -0.173. The summed E-state index contributed by atoms with van der Waals surface area (Å²) in [6.45, 7) is 6.80. The van der Waals surface area contributed by atoms with Crippen LogP contribution in [0, 0.1) is 6.92 Å². The van der Waals surface area contributed by atoms with Crippen LogP contribution in [0.5, 0.6) is 0 Å². The maximum absolute atomic E-state index is 12.0. The molecule has 0 unspecified atom stereocenters. The Morgan fingerprint density at radius 1 is 1.00 bits per heavy atom. The molecule has 110 valence electrons. The van der Waals surface area contributed by atoms with E-state index in [-0.39, 0.29) is 11.4 Å². The fraction of sp³-hybridized carbons (Fsp3) is 0.278. The summed E-state index contributed by atoms with van der Waals surface area (Å²) in [5.41, 5.74) is 2.99. The molecule has 21 heavy (non-hydrogen) atoms. The van der Waals surface area contributed by atoms with Crippen molar-refractivity contribution in [2.24, 2.45) is 0 Å². The van der Waals surface area contributed by atoms with Crippen molar-refractivity contribution in [3.05, 3.63) is 65.7 Å². The third-order valence-corrected chi connectivity index (χ3v) is 3.64. The fourth-order valence-corrected chi connectivity index (χ4v) is 2.17. The number of nitrogens with one attached hydrogen (secondary N) is 2. The van der Waals surface area contributed by atoms with Gasteiger partial charge in [0.25, 0.3) is 0 Å². The molecule has 0 fully saturated rings. The molecule has 0 bridgehead atoms. The summed E-state index contributed by atoms with van der Waals surface area (Å²) in [6, 6.07) is 17.8. The number of amides is 2. The first-order valence-electron chi connectivity index (χ1n) is 7.15. The van der Waals surface area contributed by atoms with E-state index in [2.05, 4.69) is 36.6 Å². The summed E-state index contributed by atoms with van der Waals surface area (Å²) in [6.07, 6.45) is 0. The van der Waals surface area contributed by atoms with Crippen molar-refractivity contribution < 1.29 is 4.79 Å². The molecule has 0 spiro atoms. The number of aryl methyl sites for hydroxylation is 1. The van der Waals surface area contributed by atoms with Gasteiger partial charge in [-0.05, 0) is 24.1 Å². The molecule has 0 aliphatic heterocycles. The lowest BCUT2D eigenvalue weighted by molar-refractivity contribution is 0.249. The zero-order valence-electron chi connectivity index (χ0n) is 12.8. The average molecular weight is 282 g/mol. The monoisotopic (exact) mass is 282 g/mol. The van der Waals surface area contributed by atoms with Crippen LogP contribution in [0.3, 0.4) is 0 Å². The van der Waals surface area contributed by atoms with Gasteiger partial charge in [0.2, 0.25) is 0 Å². The van der Waals surface area contributed by atoms with Crippen LogP contribution in [0.25, 0.3) is 0 Å². The summed E-state index contributed by atoms with van der Waals surface area (Å²) in [5.74, 6) is 0. The zero-order chi connectivity index (χ0) is 15.3. The van der Waals surface area contributed by atoms with E-state index in [9.17, 15) is 4.79 Å². The lowest BCUT2D eigenvalue weighted by Gasteiger charge is -2.25. The molecule has 0 aliphatic carbocycles. The smallest absolute Gasteiger partial charge is 0.319 e. The van der Waals surface area contributed by atoms with Crippen molar-refractivity contribution in [2.45, 2.75) is 26.2 Å². The van der Waals surface area contributed by atoms with Crippen LogP contribution in [0.15, 0.2) is 54.6 Å². The quantitative estimate of drug-likeness (QED) is 0.871. The van der Waals surface area contributed by atoms with Crippen molar-refractivity contribution >= 4 is 11.7 Å². The summed E-state index contributed by atoms with van der Waals surface area (Å²) in [7, 11) is 0. The third kappa shape index (κ3) is 4.09. The molecule has 0 aliphatic rings. The second-order valence-corrected chi connectivity index (χ2v) is 5.87. The number of hydrogen-bond donors (Lipinski definition) is 2. The van der Waals surface area contributed by atoms with Gasteiger partial charge in [-0.25, -0.2) is 4.79 Å². The summed E-state index contributed by atoms with van der Waals surface area (Å²) in [4.78, 5) is 12.0. The molecule has 3 nitrogen and oxygen atoms in total. The molecule has 0 saturated carbocycles. The van der Waals surface area contributed by atoms with Crippen molar-refractivity contribution in [1.29, 1.82) is 0 Å². The van der Waals surface area contributed by atoms with E-state index >= 15 is 0 Å². The molecule has 0 aromatic heterocycles. The maximum atomic E-state index is 12.0. The number of rotatable bonds is 4. The highest BCUT2D eigenvalue weighted by Gasteiger charge is 2.21. The maximum Gasteiger partial charge on any atom is 0.319 e. The van der Waals surface area contributed by atoms with Gasteiger partial charge < -0.3 is 10.6 Å². The zero-order valence-corrected chi connectivity index (χ0v) is 12.8. The average Bonchev–Trinajstić information content (AvgIpc) is 2.49. The second kappa shape index (κ2) is 6.44. The Balaban J connectivity index is 1.94. The lowest BCUT2D eigenvalue weighted by atomic mass is 9.85. The van der Waals surface area contributed by atoms with Gasteiger partial charge in [-0.3, -0.25) is 0 Å². The first-order chi connectivity index (χ1) is 9.99. The van der Waals surface area contributed by atoms with Crippen LogP contribution in [0.1, 0.15) is 25.0 Å². The second-order valence-electron chi connectivity index (χ2n) is 5.87. The molecule has 2 amide bonds. The van der Waals surface area contributed by atoms with Gasteiger partial charge in [0.05, 0.1) is 0 Å². The first-order valence-corrected chi connectivity index (χ1v) is 7.15. The van der Waals surface area contributed by atoms with Gasteiger partial charge in [0.1, 0.15) is 0 Å². The number of para-hydroxylation sites is 1. The van der Waals surface area contributed by atoms with Gasteiger partial charge in [0.15, 0.2) is 0 Å². The largest absolute Gasteiger partial charge is 0.337 e.